The first-order chi connectivity index (χ1) is 4.70. The van der Waals surface area contributed by atoms with Crippen LogP contribution >= 0.6 is 0 Å². The second-order valence-corrected chi connectivity index (χ2v) is 4.21. The van der Waals surface area contributed by atoms with Crippen molar-refractivity contribution in [3.63, 3.8) is 0 Å². The quantitative estimate of drug-likeness (QED) is 0.485. The molecule has 3 atom stereocenters. The summed E-state index contributed by atoms with van der Waals surface area (Å²) in [4.78, 5) is 0. The maximum atomic E-state index is 2.41. The van der Waals surface area contributed by atoms with Gasteiger partial charge in [0.15, 0.2) is 0 Å². The molecule has 0 aromatic carbocycles. The number of hydrogen-bond acceptors (Lipinski definition) is 0. The molecular formula is C10H22O. The van der Waals surface area contributed by atoms with Crippen molar-refractivity contribution in [2.24, 2.45) is 17.8 Å². The average Bonchev–Trinajstić information content (AvgIpc) is 2.04. The van der Waals surface area contributed by atoms with E-state index in [0.717, 1.165) is 17.8 Å². The van der Waals surface area contributed by atoms with E-state index in [1.807, 2.05) is 0 Å². The molecule has 0 radical (unpaired) electrons. The zero-order chi connectivity index (χ0) is 7.56. The first-order valence-electron chi connectivity index (χ1n) is 4.70. The third-order valence-corrected chi connectivity index (χ3v) is 3.20. The van der Waals surface area contributed by atoms with Gasteiger partial charge in [0.2, 0.25) is 0 Å². The van der Waals surface area contributed by atoms with Gasteiger partial charge in [0.25, 0.3) is 0 Å². The third-order valence-electron chi connectivity index (χ3n) is 3.20. The molecule has 0 aliphatic heterocycles. The fourth-order valence-electron chi connectivity index (χ4n) is 1.81. The summed E-state index contributed by atoms with van der Waals surface area (Å²) in [7, 11) is 0. The third kappa shape index (κ3) is 3.24. The minimum Gasteiger partial charge on any atom is -0.412 e. The fraction of sp³-hybridized carbons (Fsp3) is 1.00. The molecule has 0 bridgehead atoms. The summed E-state index contributed by atoms with van der Waals surface area (Å²) in [6.07, 6.45) is 5.85. The molecule has 0 heterocycles. The van der Waals surface area contributed by atoms with E-state index in [1.54, 1.807) is 0 Å². The summed E-state index contributed by atoms with van der Waals surface area (Å²) >= 11 is 0. The molecule has 2 unspecified atom stereocenters. The molecule has 1 nitrogen and oxygen atoms in total. The van der Waals surface area contributed by atoms with Crippen molar-refractivity contribution in [2.45, 2.75) is 46.5 Å². The van der Waals surface area contributed by atoms with Gasteiger partial charge >= 0.3 is 0 Å². The molecule has 1 rings (SSSR count). The van der Waals surface area contributed by atoms with E-state index in [1.165, 1.54) is 25.7 Å². The zero-order valence-electron chi connectivity index (χ0n) is 8.06. The topological polar surface area (TPSA) is 31.5 Å². The van der Waals surface area contributed by atoms with Crippen LogP contribution in [0.1, 0.15) is 46.5 Å². The van der Waals surface area contributed by atoms with Crippen LogP contribution in [0.4, 0.5) is 0 Å². The van der Waals surface area contributed by atoms with Crippen LogP contribution < -0.4 is 0 Å². The van der Waals surface area contributed by atoms with Crippen molar-refractivity contribution in [1.82, 2.24) is 0 Å². The predicted molar refractivity (Wildman–Crippen MR) is 49.6 cm³/mol. The van der Waals surface area contributed by atoms with Crippen molar-refractivity contribution in [1.29, 1.82) is 0 Å². The molecule has 2 N–H and O–H groups in total. The van der Waals surface area contributed by atoms with Gasteiger partial charge < -0.3 is 5.48 Å². The molecule has 0 saturated heterocycles. The van der Waals surface area contributed by atoms with Crippen LogP contribution in [0.3, 0.4) is 0 Å². The Bertz CT molecular complexity index is 89.0. The summed E-state index contributed by atoms with van der Waals surface area (Å²) in [6, 6.07) is 0. The molecule has 0 amide bonds. The van der Waals surface area contributed by atoms with E-state index in [4.69, 9.17) is 0 Å². The lowest BCUT2D eigenvalue weighted by molar-refractivity contribution is 0.367. The first kappa shape index (κ1) is 11.0. The van der Waals surface area contributed by atoms with Crippen LogP contribution in [0.25, 0.3) is 0 Å². The molecular weight excluding hydrogens is 136 g/mol. The normalized spacial score (nSPS) is 39.0. The van der Waals surface area contributed by atoms with Crippen LogP contribution in [0.5, 0.6) is 0 Å². The highest BCUT2D eigenvalue weighted by molar-refractivity contribution is 4.69. The lowest BCUT2D eigenvalue weighted by atomic mass is 9.92. The van der Waals surface area contributed by atoms with Crippen molar-refractivity contribution >= 4 is 0 Å². The van der Waals surface area contributed by atoms with Crippen molar-refractivity contribution < 1.29 is 5.48 Å². The van der Waals surface area contributed by atoms with Gasteiger partial charge in [0, 0.05) is 0 Å². The second kappa shape index (κ2) is 4.76. The largest absolute Gasteiger partial charge is 0.412 e. The molecule has 0 aromatic heterocycles. The highest BCUT2D eigenvalue weighted by Crippen LogP contribution is 2.30. The fourth-order valence-corrected chi connectivity index (χ4v) is 1.81. The van der Waals surface area contributed by atoms with Gasteiger partial charge in [-0.25, -0.2) is 0 Å². The van der Waals surface area contributed by atoms with Gasteiger partial charge in [0.1, 0.15) is 0 Å². The molecule has 1 fully saturated rings. The zero-order valence-corrected chi connectivity index (χ0v) is 8.06. The average molecular weight is 158 g/mol. The summed E-state index contributed by atoms with van der Waals surface area (Å²) in [5, 5.41) is 0. The van der Waals surface area contributed by atoms with Crippen LogP contribution in [-0.2, 0) is 0 Å². The highest BCUT2D eigenvalue weighted by Gasteiger charge is 2.18. The number of rotatable bonds is 0. The van der Waals surface area contributed by atoms with Gasteiger partial charge in [-0.1, -0.05) is 46.5 Å². The molecule has 0 aromatic rings. The molecule has 1 saturated carbocycles. The summed E-state index contributed by atoms with van der Waals surface area (Å²) < 4.78 is 0. The van der Waals surface area contributed by atoms with E-state index < -0.39 is 0 Å². The Morgan fingerprint density at radius 1 is 0.727 bits per heavy atom. The Kier molecular flexibility index (Phi) is 4.74. The van der Waals surface area contributed by atoms with Crippen LogP contribution in [0.15, 0.2) is 0 Å². The monoisotopic (exact) mass is 158 g/mol. The van der Waals surface area contributed by atoms with Crippen molar-refractivity contribution in [3.8, 4) is 0 Å². The van der Waals surface area contributed by atoms with E-state index in [9.17, 15) is 0 Å². The van der Waals surface area contributed by atoms with Crippen LogP contribution in [-0.4, -0.2) is 5.48 Å². The second-order valence-electron chi connectivity index (χ2n) is 4.21. The van der Waals surface area contributed by atoms with Gasteiger partial charge in [-0.15, -0.1) is 0 Å². The maximum Gasteiger partial charge on any atom is -0.0417 e. The van der Waals surface area contributed by atoms with Crippen LogP contribution in [0, 0.1) is 17.8 Å². The van der Waals surface area contributed by atoms with Crippen molar-refractivity contribution in [2.75, 3.05) is 0 Å². The Labute approximate surface area is 70.5 Å². The van der Waals surface area contributed by atoms with E-state index in [0.29, 0.717) is 0 Å². The standard InChI is InChI=1S/C10H20.H2O/c1-8-4-6-9(2)10(3)7-5-8;/h8-10H,4-7H2,1-3H3;1H2/t8?,9-,10?;/m1./s1. The van der Waals surface area contributed by atoms with E-state index >= 15 is 0 Å². The van der Waals surface area contributed by atoms with Gasteiger partial charge in [0.05, 0.1) is 0 Å². The van der Waals surface area contributed by atoms with Gasteiger partial charge in [-0.3, -0.25) is 0 Å². The Morgan fingerprint density at radius 3 is 1.45 bits per heavy atom. The smallest absolute Gasteiger partial charge is 0.0417 e. The lowest BCUT2D eigenvalue weighted by Crippen LogP contribution is -2.04. The first-order valence-corrected chi connectivity index (χ1v) is 4.70. The van der Waals surface area contributed by atoms with Gasteiger partial charge in [-0.2, -0.15) is 0 Å². The SMILES string of the molecule is CC1CCC(C)[C@H](C)CC1.O. The molecule has 0 spiro atoms. The minimum atomic E-state index is 0. The Hall–Kier alpha value is -0.0400. The molecule has 1 heteroatoms. The minimum absolute atomic E-state index is 0. The van der Waals surface area contributed by atoms with E-state index in [2.05, 4.69) is 20.8 Å². The Morgan fingerprint density at radius 2 is 1.09 bits per heavy atom. The number of hydrogen-bond donors (Lipinski definition) is 0. The molecule has 1 aliphatic carbocycles. The lowest BCUT2D eigenvalue weighted by Gasteiger charge is -2.14. The van der Waals surface area contributed by atoms with Gasteiger partial charge in [-0.05, 0) is 17.8 Å². The van der Waals surface area contributed by atoms with Crippen molar-refractivity contribution in [3.05, 3.63) is 0 Å². The maximum absolute atomic E-state index is 2.41. The summed E-state index contributed by atoms with van der Waals surface area (Å²) in [6.45, 7) is 7.20. The van der Waals surface area contributed by atoms with E-state index in [-0.39, 0.29) is 5.48 Å². The summed E-state index contributed by atoms with van der Waals surface area (Å²) in [5.74, 6) is 2.95. The Balaban J connectivity index is 0.000001000. The van der Waals surface area contributed by atoms with Crippen LogP contribution in [0.2, 0.25) is 0 Å². The summed E-state index contributed by atoms with van der Waals surface area (Å²) in [5.41, 5.74) is 0. The molecule has 68 valence electrons. The molecule has 1 aliphatic rings. The highest BCUT2D eigenvalue weighted by atomic mass is 16.0. The molecule has 11 heavy (non-hydrogen) atoms. The predicted octanol–water partition coefficient (Wildman–Crippen LogP) is 2.64.